The van der Waals surface area contributed by atoms with E-state index in [2.05, 4.69) is 12.1 Å². The maximum atomic E-state index is 5.94. The normalized spacial score (nSPS) is 10.5. The minimum atomic E-state index is 0.663. The molecule has 0 bridgehead atoms. The van der Waals surface area contributed by atoms with Crippen molar-refractivity contribution in [3.8, 4) is 11.5 Å². The van der Waals surface area contributed by atoms with Gasteiger partial charge in [-0.15, -0.1) is 0 Å². The van der Waals surface area contributed by atoms with Crippen LogP contribution in [0.3, 0.4) is 0 Å². The second-order valence-electron chi connectivity index (χ2n) is 4.65. The molecule has 0 amide bonds. The lowest BCUT2D eigenvalue weighted by molar-refractivity contribution is 0.475. The van der Waals surface area contributed by atoms with Gasteiger partial charge < -0.3 is 10.5 Å². The summed E-state index contributed by atoms with van der Waals surface area (Å²) in [6.45, 7) is 4.69. The van der Waals surface area contributed by atoms with Gasteiger partial charge in [0.15, 0.2) is 0 Å². The topological polar surface area (TPSA) is 35.2 Å². The Kier molecular flexibility index (Phi) is 4.46. The van der Waals surface area contributed by atoms with Gasteiger partial charge in [0.25, 0.3) is 0 Å². The molecule has 0 saturated heterocycles. The SMILES string of the molecule is Cc1cc(Cl)ccc1Oc1ccc(CCN)cc1C. The molecule has 0 saturated carbocycles. The number of hydrogen-bond acceptors (Lipinski definition) is 2. The third-order valence-electron chi connectivity index (χ3n) is 3.03. The van der Waals surface area contributed by atoms with E-state index in [9.17, 15) is 0 Å². The lowest BCUT2D eigenvalue weighted by Crippen LogP contribution is -2.03. The summed E-state index contributed by atoms with van der Waals surface area (Å²) in [6, 6.07) is 11.8. The summed E-state index contributed by atoms with van der Waals surface area (Å²) < 4.78 is 5.94. The van der Waals surface area contributed by atoms with Crippen LogP contribution in [-0.4, -0.2) is 6.54 Å². The summed E-state index contributed by atoms with van der Waals surface area (Å²) in [4.78, 5) is 0. The molecular weight excluding hydrogens is 258 g/mol. The van der Waals surface area contributed by atoms with Crippen LogP contribution in [0.2, 0.25) is 5.02 Å². The van der Waals surface area contributed by atoms with Crippen LogP contribution in [0.4, 0.5) is 0 Å². The molecule has 0 radical (unpaired) electrons. The maximum Gasteiger partial charge on any atom is 0.130 e. The first-order chi connectivity index (χ1) is 9.10. The van der Waals surface area contributed by atoms with E-state index in [0.717, 1.165) is 34.1 Å². The second kappa shape index (κ2) is 6.09. The van der Waals surface area contributed by atoms with E-state index < -0.39 is 0 Å². The molecule has 0 fully saturated rings. The fourth-order valence-corrected chi connectivity index (χ4v) is 2.22. The number of benzene rings is 2. The molecule has 2 N–H and O–H groups in total. The van der Waals surface area contributed by atoms with Gasteiger partial charge in [-0.2, -0.15) is 0 Å². The highest BCUT2D eigenvalue weighted by atomic mass is 35.5. The first-order valence-electron chi connectivity index (χ1n) is 6.34. The molecule has 0 spiro atoms. The van der Waals surface area contributed by atoms with Crippen LogP contribution >= 0.6 is 11.6 Å². The molecule has 0 aliphatic heterocycles. The second-order valence-corrected chi connectivity index (χ2v) is 5.09. The Morgan fingerprint density at radius 1 is 1.00 bits per heavy atom. The smallest absolute Gasteiger partial charge is 0.130 e. The summed E-state index contributed by atoms with van der Waals surface area (Å²) in [7, 11) is 0. The highest BCUT2D eigenvalue weighted by Crippen LogP contribution is 2.29. The largest absolute Gasteiger partial charge is 0.457 e. The number of ether oxygens (including phenoxy) is 1. The molecule has 2 rings (SSSR count). The highest BCUT2D eigenvalue weighted by Gasteiger charge is 2.05. The molecular formula is C16H18ClNO. The van der Waals surface area contributed by atoms with Crippen LogP contribution in [0.5, 0.6) is 11.5 Å². The fourth-order valence-electron chi connectivity index (χ4n) is 1.99. The third kappa shape index (κ3) is 3.49. The molecule has 19 heavy (non-hydrogen) atoms. The van der Waals surface area contributed by atoms with Gasteiger partial charge in [0.1, 0.15) is 11.5 Å². The summed E-state index contributed by atoms with van der Waals surface area (Å²) in [6.07, 6.45) is 0.890. The molecule has 100 valence electrons. The van der Waals surface area contributed by atoms with Crippen molar-refractivity contribution >= 4 is 11.6 Å². The van der Waals surface area contributed by atoms with E-state index in [1.807, 2.05) is 38.1 Å². The summed E-state index contributed by atoms with van der Waals surface area (Å²) in [5.74, 6) is 1.70. The van der Waals surface area contributed by atoms with Gasteiger partial charge in [-0.05, 0) is 67.8 Å². The van der Waals surface area contributed by atoms with Gasteiger partial charge >= 0.3 is 0 Å². The van der Waals surface area contributed by atoms with Crippen LogP contribution in [0.1, 0.15) is 16.7 Å². The molecule has 0 atom stereocenters. The van der Waals surface area contributed by atoms with Crippen LogP contribution < -0.4 is 10.5 Å². The van der Waals surface area contributed by atoms with Crippen molar-refractivity contribution in [2.75, 3.05) is 6.54 Å². The molecule has 0 aliphatic rings. The van der Waals surface area contributed by atoms with Gasteiger partial charge in [0.05, 0.1) is 0 Å². The predicted molar refractivity (Wildman–Crippen MR) is 80.2 cm³/mol. The zero-order valence-corrected chi connectivity index (χ0v) is 12.0. The van der Waals surface area contributed by atoms with E-state index in [4.69, 9.17) is 22.1 Å². The first kappa shape index (κ1) is 13.9. The van der Waals surface area contributed by atoms with Crippen molar-refractivity contribution in [3.63, 3.8) is 0 Å². The van der Waals surface area contributed by atoms with Crippen molar-refractivity contribution in [1.29, 1.82) is 0 Å². The van der Waals surface area contributed by atoms with Gasteiger partial charge in [0, 0.05) is 5.02 Å². The molecule has 0 unspecified atom stereocenters. The lowest BCUT2D eigenvalue weighted by Gasteiger charge is -2.12. The Hall–Kier alpha value is -1.51. The third-order valence-corrected chi connectivity index (χ3v) is 3.26. The molecule has 2 nitrogen and oxygen atoms in total. The zero-order valence-electron chi connectivity index (χ0n) is 11.2. The molecule has 0 aliphatic carbocycles. The number of aryl methyl sites for hydroxylation is 2. The Labute approximate surface area is 119 Å². The van der Waals surface area contributed by atoms with Gasteiger partial charge in [-0.1, -0.05) is 23.7 Å². The Morgan fingerprint density at radius 2 is 1.63 bits per heavy atom. The van der Waals surface area contributed by atoms with Gasteiger partial charge in [-0.25, -0.2) is 0 Å². The fraction of sp³-hybridized carbons (Fsp3) is 0.250. The standard InChI is InChI=1S/C16H18ClNO/c1-11-9-13(7-8-18)3-5-15(11)19-16-6-4-14(17)10-12(16)2/h3-6,9-10H,7-8,18H2,1-2H3. The molecule has 3 heteroatoms. The summed E-state index contributed by atoms with van der Waals surface area (Å²) >= 11 is 5.94. The Bertz CT molecular complexity index is 581. The summed E-state index contributed by atoms with van der Waals surface area (Å²) in [5, 5.41) is 0.722. The molecule has 2 aromatic carbocycles. The molecule has 0 heterocycles. The quantitative estimate of drug-likeness (QED) is 0.905. The van der Waals surface area contributed by atoms with Crippen molar-refractivity contribution in [2.24, 2.45) is 5.73 Å². The summed E-state index contributed by atoms with van der Waals surface area (Å²) in [5.41, 5.74) is 8.94. The molecule has 2 aromatic rings. The number of halogens is 1. The first-order valence-corrected chi connectivity index (χ1v) is 6.71. The minimum Gasteiger partial charge on any atom is -0.457 e. The van der Waals surface area contributed by atoms with Crippen LogP contribution in [0, 0.1) is 13.8 Å². The average Bonchev–Trinajstić information content (AvgIpc) is 2.36. The van der Waals surface area contributed by atoms with E-state index in [1.54, 1.807) is 0 Å². The number of hydrogen-bond donors (Lipinski definition) is 1. The van der Waals surface area contributed by atoms with Crippen LogP contribution in [-0.2, 0) is 6.42 Å². The van der Waals surface area contributed by atoms with Gasteiger partial charge in [0.2, 0.25) is 0 Å². The number of nitrogens with two attached hydrogens (primary N) is 1. The maximum absolute atomic E-state index is 5.94. The zero-order chi connectivity index (χ0) is 13.8. The number of rotatable bonds is 4. The van der Waals surface area contributed by atoms with E-state index in [0.29, 0.717) is 6.54 Å². The highest BCUT2D eigenvalue weighted by molar-refractivity contribution is 6.30. The lowest BCUT2D eigenvalue weighted by atomic mass is 10.1. The average molecular weight is 276 g/mol. The van der Waals surface area contributed by atoms with Crippen LogP contribution in [0.15, 0.2) is 36.4 Å². The van der Waals surface area contributed by atoms with E-state index in [1.165, 1.54) is 5.56 Å². The van der Waals surface area contributed by atoms with Gasteiger partial charge in [-0.3, -0.25) is 0 Å². The Morgan fingerprint density at radius 3 is 2.21 bits per heavy atom. The van der Waals surface area contributed by atoms with Crippen molar-refractivity contribution in [3.05, 3.63) is 58.1 Å². The van der Waals surface area contributed by atoms with Crippen LogP contribution in [0.25, 0.3) is 0 Å². The van der Waals surface area contributed by atoms with E-state index in [-0.39, 0.29) is 0 Å². The monoisotopic (exact) mass is 275 g/mol. The van der Waals surface area contributed by atoms with Crippen molar-refractivity contribution in [1.82, 2.24) is 0 Å². The predicted octanol–water partition coefficient (Wildman–Crippen LogP) is 4.25. The minimum absolute atomic E-state index is 0.663. The van der Waals surface area contributed by atoms with E-state index >= 15 is 0 Å². The van der Waals surface area contributed by atoms with Crippen molar-refractivity contribution in [2.45, 2.75) is 20.3 Å². The van der Waals surface area contributed by atoms with Crippen molar-refractivity contribution < 1.29 is 4.74 Å². The Balaban J connectivity index is 2.23. The molecule has 0 aromatic heterocycles.